The van der Waals surface area contributed by atoms with Gasteiger partial charge in [0.25, 0.3) is 10.0 Å². The quantitative estimate of drug-likeness (QED) is 0.665. The van der Waals surface area contributed by atoms with Gasteiger partial charge in [-0.2, -0.15) is 0 Å². The number of halogens is 1. The molecule has 0 aliphatic heterocycles. The van der Waals surface area contributed by atoms with Crippen LogP contribution in [0.4, 0.5) is 5.69 Å². The van der Waals surface area contributed by atoms with Gasteiger partial charge in [0.1, 0.15) is 0 Å². The van der Waals surface area contributed by atoms with Crippen molar-refractivity contribution in [3.05, 3.63) is 59.8 Å². The van der Waals surface area contributed by atoms with Crippen LogP contribution in [0, 0.1) is 0 Å². The number of sulfonamides is 1. The molecule has 2 aromatic carbocycles. The number of nitrogens with one attached hydrogen (secondary N) is 1. The second-order valence-electron chi connectivity index (χ2n) is 5.05. The van der Waals surface area contributed by atoms with Crippen molar-refractivity contribution in [2.45, 2.75) is 4.90 Å². The van der Waals surface area contributed by atoms with Gasteiger partial charge < -0.3 is 4.98 Å². The van der Waals surface area contributed by atoms with E-state index in [0.717, 1.165) is 5.52 Å². The first-order valence-electron chi connectivity index (χ1n) is 7.14. The minimum absolute atomic E-state index is 0.0615. The van der Waals surface area contributed by atoms with Gasteiger partial charge in [-0.3, -0.25) is 4.31 Å². The van der Waals surface area contributed by atoms with E-state index in [4.69, 9.17) is 11.6 Å². The van der Waals surface area contributed by atoms with Crippen LogP contribution in [0.2, 0.25) is 5.02 Å². The van der Waals surface area contributed by atoms with E-state index < -0.39 is 10.0 Å². The third kappa shape index (κ3) is 3.02. The van der Waals surface area contributed by atoms with Crippen molar-refractivity contribution in [2.24, 2.45) is 0 Å². The molecule has 3 aromatic rings. The Hall–Kier alpha value is -1.96. The minimum Gasteiger partial charge on any atom is -0.360 e. The lowest BCUT2D eigenvalue weighted by Crippen LogP contribution is -2.33. The highest BCUT2D eigenvalue weighted by atomic mass is 35.5. The molecule has 0 bridgehead atoms. The fourth-order valence-electron chi connectivity index (χ4n) is 2.54. The van der Waals surface area contributed by atoms with Crippen molar-refractivity contribution in [1.82, 2.24) is 4.98 Å². The van der Waals surface area contributed by atoms with E-state index in [0.29, 0.717) is 27.8 Å². The summed E-state index contributed by atoms with van der Waals surface area (Å²) >= 11 is 6.58. The maximum absolute atomic E-state index is 13.1. The molecule has 1 heterocycles. The van der Waals surface area contributed by atoms with Gasteiger partial charge in [0.05, 0.1) is 22.2 Å². The lowest BCUT2D eigenvalue weighted by atomic mass is 10.2. The van der Waals surface area contributed by atoms with Crippen LogP contribution in [0.5, 0.6) is 0 Å². The maximum Gasteiger partial charge on any atom is 0.460 e. The lowest BCUT2D eigenvalue weighted by Gasteiger charge is -2.23. The van der Waals surface area contributed by atoms with Crippen LogP contribution in [0.3, 0.4) is 0 Å². The molecular weight excluding hydrogens is 368 g/mol. The average Bonchev–Trinajstić information content (AvgIpc) is 2.98. The van der Waals surface area contributed by atoms with Gasteiger partial charge >= 0.3 is 11.7 Å². The molecular formula is C16H14ClN2O3S2+. The number of aromatic nitrogens is 1. The second kappa shape index (κ2) is 6.88. The van der Waals surface area contributed by atoms with Gasteiger partial charge in [-0.05, 0) is 24.3 Å². The summed E-state index contributed by atoms with van der Waals surface area (Å²) in [7, 11) is -3.80. The van der Waals surface area contributed by atoms with Gasteiger partial charge in [0.15, 0.2) is 0 Å². The molecule has 0 fully saturated rings. The normalized spacial score (nSPS) is 11.5. The first-order valence-corrected chi connectivity index (χ1v) is 9.86. The molecule has 8 heteroatoms. The zero-order valence-corrected chi connectivity index (χ0v) is 14.9. The summed E-state index contributed by atoms with van der Waals surface area (Å²) in [4.78, 5) is 3.18. The van der Waals surface area contributed by atoms with Crippen molar-refractivity contribution in [2.75, 3.05) is 16.6 Å². The molecule has 0 spiro atoms. The van der Waals surface area contributed by atoms with E-state index in [1.807, 2.05) is 6.07 Å². The molecule has 0 amide bonds. The molecule has 1 aromatic heterocycles. The Morgan fingerprint density at radius 2 is 1.83 bits per heavy atom. The molecule has 1 N–H and O–H groups in total. The first-order chi connectivity index (χ1) is 11.6. The van der Waals surface area contributed by atoms with Gasteiger partial charge in [0, 0.05) is 21.3 Å². The first kappa shape index (κ1) is 16.9. The Labute approximate surface area is 148 Å². The van der Waals surface area contributed by atoms with Crippen LogP contribution in [-0.4, -0.2) is 25.7 Å². The summed E-state index contributed by atoms with van der Waals surface area (Å²) in [6.45, 7) is 0.0615. The van der Waals surface area contributed by atoms with Gasteiger partial charge in [-0.15, -0.1) is 0 Å². The molecule has 3 rings (SSSR count). The predicted octanol–water partition coefficient (Wildman–Crippen LogP) is 3.44. The molecule has 124 valence electrons. The highest BCUT2D eigenvalue weighted by Crippen LogP contribution is 2.35. The Morgan fingerprint density at radius 1 is 1.08 bits per heavy atom. The minimum atomic E-state index is -3.80. The highest BCUT2D eigenvalue weighted by molar-refractivity contribution is 7.92. The number of nitrogens with zero attached hydrogens (tertiary/aromatic N) is 1. The van der Waals surface area contributed by atoms with Crippen molar-refractivity contribution >= 4 is 49.9 Å². The molecule has 5 nitrogen and oxygen atoms in total. The largest absolute Gasteiger partial charge is 0.460 e. The number of anilines is 1. The van der Waals surface area contributed by atoms with E-state index in [1.54, 1.807) is 36.5 Å². The second-order valence-corrected chi connectivity index (χ2v) is 7.96. The van der Waals surface area contributed by atoms with Crippen LogP contribution in [0.1, 0.15) is 0 Å². The number of rotatable bonds is 6. The maximum atomic E-state index is 13.1. The molecule has 0 saturated heterocycles. The fraction of sp³-hybridized carbons (Fsp3) is 0.125. The van der Waals surface area contributed by atoms with Crippen molar-refractivity contribution in [1.29, 1.82) is 0 Å². The molecule has 0 saturated carbocycles. The summed E-state index contributed by atoms with van der Waals surface area (Å²) in [6.07, 6.45) is 1.62. The average molecular weight is 382 g/mol. The molecule has 0 aliphatic rings. The summed E-state index contributed by atoms with van der Waals surface area (Å²) in [5.41, 5.74) is 1.19. The zero-order chi connectivity index (χ0) is 17.2. The molecule has 0 unspecified atom stereocenters. The van der Waals surface area contributed by atoms with Gasteiger partial charge in [-0.25, -0.2) is 8.42 Å². The molecule has 0 radical (unpaired) electrons. The smallest absolute Gasteiger partial charge is 0.360 e. The number of benzene rings is 2. The number of hydrogen-bond acceptors (Lipinski definition) is 3. The van der Waals surface area contributed by atoms with E-state index >= 15 is 0 Å². The number of hydrogen-bond donors (Lipinski definition) is 1. The van der Waals surface area contributed by atoms with E-state index in [1.165, 1.54) is 16.4 Å². The predicted molar refractivity (Wildman–Crippen MR) is 97.2 cm³/mol. The third-order valence-corrected chi connectivity index (χ3v) is 6.09. The van der Waals surface area contributed by atoms with Crippen LogP contribution in [-0.2, 0) is 25.9 Å². The lowest BCUT2D eigenvalue weighted by molar-refractivity contribution is 0.591. The SMILES string of the molecule is O=[S+]CCN(c1cccc2[nH]cc(Cl)c12)S(=O)(=O)c1ccccc1. The van der Waals surface area contributed by atoms with Crippen LogP contribution < -0.4 is 4.31 Å². The van der Waals surface area contributed by atoms with Gasteiger partial charge in [0.2, 0.25) is 5.75 Å². The standard InChI is InChI=1S/C16H14ClN2O3S2/c17-13-11-18-14-7-4-8-15(16(13)14)19(9-10-23-20)24(21,22)12-5-2-1-3-6-12/h1-8,11,18H,9-10H2/q+1. The third-order valence-electron chi connectivity index (χ3n) is 3.61. The molecule has 0 aliphatic carbocycles. The Morgan fingerprint density at radius 3 is 2.54 bits per heavy atom. The monoisotopic (exact) mass is 381 g/mol. The Bertz CT molecular complexity index is 971. The zero-order valence-electron chi connectivity index (χ0n) is 12.5. The molecule has 0 atom stereocenters. The summed E-state index contributed by atoms with van der Waals surface area (Å²) in [6, 6.07) is 13.4. The summed E-state index contributed by atoms with van der Waals surface area (Å²) in [5, 5.41) is 1.05. The Kier molecular flexibility index (Phi) is 4.84. The van der Waals surface area contributed by atoms with E-state index in [2.05, 4.69) is 4.98 Å². The highest BCUT2D eigenvalue weighted by Gasteiger charge is 2.28. The topological polar surface area (TPSA) is 70.2 Å². The summed E-state index contributed by atoms with van der Waals surface area (Å²) in [5.74, 6) is 0.129. The number of H-pyrrole nitrogens is 1. The van der Waals surface area contributed by atoms with Crippen LogP contribution >= 0.6 is 11.6 Å². The van der Waals surface area contributed by atoms with Crippen LogP contribution in [0.25, 0.3) is 10.9 Å². The van der Waals surface area contributed by atoms with Gasteiger partial charge in [-0.1, -0.05) is 35.9 Å². The molecule has 24 heavy (non-hydrogen) atoms. The number of aromatic amines is 1. The summed E-state index contributed by atoms with van der Waals surface area (Å²) < 4.78 is 38.3. The van der Waals surface area contributed by atoms with E-state index in [-0.39, 0.29) is 17.2 Å². The Balaban J connectivity index is 2.20. The van der Waals surface area contributed by atoms with Crippen molar-refractivity contribution in [3.63, 3.8) is 0 Å². The fourth-order valence-corrected chi connectivity index (χ4v) is 4.67. The van der Waals surface area contributed by atoms with Crippen molar-refractivity contribution in [3.8, 4) is 0 Å². The van der Waals surface area contributed by atoms with E-state index in [9.17, 15) is 12.6 Å². The van der Waals surface area contributed by atoms with Crippen LogP contribution in [0.15, 0.2) is 59.6 Å². The van der Waals surface area contributed by atoms with Crippen molar-refractivity contribution < 1.29 is 12.6 Å². The number of fused-ring (bicyclic) bond motifs is 1.